The summed E-state index contributed by atoms with van der Waals surface area (Å²) in [6, 6.07) is 6.18. The van der Waals surface area contributed by atoms with E-state index < -0.39 is 4.92 Å². The Morgan fingerprint density at radius 2 is 2.13 bits per heavy atom. The van der Waals surface area contributed by atoms with Crippen LogP contribution in [0.3, 0.4) is 0 Å². The number of nitro groups is 1. The summed E-state index contributed by atoms with van der Waals surface area (Å²) in [6.07, 6.45) is 1.17. The molecule has 1 saturated heterocycles. The van der Waals surface area contributed by atoms with Crippen LogP contribution in [0.2, 0.25) is 0 Å². The fourth-order valence-electron chi connectivity index (χ4n) is 1.57. The van der Waals surface area contributed by atoms with E-state index in [-0.39, 0.29) is 11.8 Å². The van der Waals surface area contributed by atoms with Gasteiger partial charge in [0.1, 0.15) is 11.9 Å². The van der Waals surface area contributed by atoms with Gasteiger partial charge in [0.05, 0.1) is 4.92 Å². The predicted molar refractivity (Wildman–Crippen MR) is 55.0 cm³/mol. The number of nitrogens with zero attached hydrogens (tertiary/aromatic N) is 1. The standard InChI is InChI=1S/C10H12N2O3/c13-12(14)8-1-3-9(4-2-8)15-10-5-6-11-7-10/h1-4,10-11H,5-7H2/t10-/m1/s1. The van der Waals surface area contributed by atoms with Crippen LogP contribution in [0, 0.1) is 10.1 Å². The maximum atomic E-state index is 10.4. The lowest BCUT2D eigenvalue weighted by molar-refractivity contribution is -0.384. The minimum Gasteiger partial charge on any atom is -0.489 e. The zero-order valence-corrected chi connectivity index (χ0v) is 8.18. The summed E-state index contributed by atoms with van der Waals surface area (Å²) in [7, 11) is 0. The van der Waals surface area contributed by atoms with E-state index in [9.17, 15) is 10.1 Å². The molecule has 0 saturated carbocycles. The Morgan fingerprint density at radius 1 is 1.40 bits per heavy atom. The number of nitrogens with one attached hydrogen (secondary N) is 1. The number of non-ortho nitro benzene ring substituents is 1. The average Bonchev–Trinajstić information content (AvgIpc) is 2.71. The van der Waals surface area contributed by atoms with Crippen LogP contribution in [0.1, 0.15) is 6.42 Å². The van der Waals surface area contributed by atoms with Crippen LogP contribution in [0.15, 0.2) is 24.3 Å². The van der Waals surface area contributed by atoms with Gasteiger partial charge in [0, 0.05) is 18.7 Å². The van der Waals surface area contributed by atoms with Gasteiger partial charge in [-0.2, -0.15) is 0 Å². The van der Waals surface area contributed by atoms with Crippen LogP contribution in [-0.2, 0) is 0 Å². The zero-order valence-electron chi connectivity index (χ0n) is 8.18. The highest BCUT2D eigenvalue weighted by Crippen LogP contribution is 2.19. The molecule has 1 aliphatic heterocycles. The molecule has 0 unspecified atom stereocenters. The Labute approximate surface area is 87.2 Å². The van der Waals surface area contributed by atoms with E-state index in [2.05, 4.69) is 5.32 Å². The highest BCUT2D eigenvalue weighted by Gasteiger charge is 2.16. The normalized spacial score (nSPS) is 20.1. The van der Waals surface area contributed by atoms with E-state index in [0.717, 1.165) is 19.5 Å². The number of hydrogen-bond acceptors (Lipinski definition) is 4. The van der Waals surface area contributed by atoms with Gasteiger partial charge in [-0.25, -0.2) is 0 Å². The maximum absolute atomic E-state index is 10.4. The van der Waals surface area contributed by atoms with Gasteiger partial charge >= 0.3 is 0 Å². The second kappa shape index (κ2) is 4.27. The molecule has 80 valence electrons. The van der Waals surface area contributed by atoms with Crippen molar-refractivity contribution in [3.8, 4) is 5.75 Å². The van der Waals surface area contributed by atoms with Crippen molar-refractivity contribution in [2.24, 2.45) is 0 Å². The predicted octanol–water partition coefficient (Wildman–Crippen LogP) is 1.34. The first-order valence-corrected chi connectivity index (χ1v) is 4.87. The summed E-state index contributed by atoms with van der Waals surface area (Å²) in [6.45, 7) is 1.81. The lowest BCUT2D eigenvalue weighted by atomic mass is 10.3. The first kappa shape index (κ1) is 9.92. The molecule has 0 aliphatic carbocycles. The molecule has 1 heterocycles. The van der Waals surface area contributed by atoms with Crippen LogP contribution in [0.4, 0.5) is 5.69 Å². The molecule has 0 bridgehead atoms. The highest BCUT2D eigenvalue weighted by atomic mass is 16.6. The minimum atomic E-state index is -0.416. The number of ether oxygens (including phenoxy) is 1. The van der Waals surface area contributed by atoms with E-state index in [4.69, 9.17) is 4.74 Å². The molecule has 0 radical (unpaired) electrons. The van der Waals surface area contributed by atoms with E-state index in [1.807, 2.05) is 0 Å². The molecular formula is C10H12N2O3. The number of benzene rings is 1. The average molecular weight is 208 g/mol. The fourth-order valence-corrected chi connectivity index (χ4v) is 1.57. The first-order valence-electron chi connectivity index (χ1n) is 4.87. The molecule has 1 fully saturated rings. The fraction of sp³-hybridized carbons (Fsp3) is 0.400. The third-order valence-corrected chi connectivity index (χ3v) is 2.37. The van der Waals surface area contributed by atoms with Gasteiger partial charge in [-0.3, -0.25) is 10.1 Å². The molecule has 5 heteroatoms. The van der Waals surface area contributed by atoms with Gasteiger partial charge < -0.3 is 10.1 Å². The van der Waals surface area contributed by atoms with E-state index in [1.54, 1.807) is 12.1 Å². The maximum Gasteiger partial charge on any atom is 0.269 e. The van der Waals surface area contributed by atoms with Gasteiger partial charge in [0.25, 0.3) is 5.69 Å². The Balaban J connectivity index is 2.00. The van der Waals surface area contributed by atoms with E-state index >= 15 is 0 Å². The van der Waals surface area contributed by atoms with E-state index in [0.29, 0.717) is 5.75 Å². The lowest BCUT2D eigenvalue weighted by Crippen LogP contribution is -2.19. The Kier molecular flexibility index (Phi) is 2.82. The largest absolute Gasteiger partial charge is 0.489 e. The molecule has 1 aromatic carbocycles. The summed E-state index contributed by atoms with van der Waals surface area (Å²) in [4.78, 5) is 10.00. The first-order chi connectivity index (χ1) is 7.25. The monoisotopic (exact) mass is 208 g/mol. The third-order valence-electron chi connectivity index (χ3n) is 2.37. The number of hydrogen-bond donors (Lipinski definition) is 1. The summed E-state index contributed by atoms with van der Waals surface area (Å²) < 4.78 is 5.62. The lowest BCUT2D eigenvalue weighted by Gasteiger charge is -2.11. The number of rotatable bonds is 3. The van der Waals surface area contributed by atoms with Crippen molar-refractivity contribution in [3.63, 3.8) is 0 Å². The summed E-state index contributed by atoms with van der Waals surface area (Å²) >= 11 is 0. The van der Waals surface area contributed by atoms with Crippen LogP contribution >= 0.6 is 0 Å². The van der Waals surface area contributed by atoms with Gasteiger partial charge in [0.15, 0.2) is 0 Å². The van der Waals surface area contributed by atoms with Crippen molar-refractivity contribution in [2.45, 2.75) is 12.5 Å². The summed E-state index contributed by atoms with van der Waals surface area (Å²) in [5.74, 6) is 0.689. The topological polar surface area (TPSA) is 64.4 Å². The number of nitro benzene ring substituents is 1. The second-order valence-electron chi connectivity index (χ2n) is 3.48. The zero-order chi connectivity index (χ0) is 10.7. The molecule has 0 aromatic heterocycles. The molecule has 1 atom stereocenters. The van der Waals surface area contributed by atoms with Crippen molar-refractivity contribution in [1.82, 2.24) is 5.32 Å². The molecule has 1 N–H and O–H groups in total. The van der Waals surface area contributed by atoms with Crippen molar-refractivity contribution < 1.29 is 9.66 Å². The van der Waals surface area contributed by atoms with Crippen molar-refractivity contribution in [3.05, 3.63) is 34.4 Å². The SMILES string of the molecule is O=[N+]([O-])c1ccc(O[C@@H]2CCNC2)cc1. The van der Waals surface area contributed by atoms with Crippen LogP contribution in [0.25, 0.3) is 0 Å². The van der Waals surface area contributed by atoms with Crippen molar-refractivity contribution >= 4 is 5.69 Å². The van der Waals surface area contributed by atoms with Gasteiger partial charge in [0.2, 0.25) is 0 Å². The summed E-state index contributed by atoms with van der Waals surface area (Å²) in [5.41, 5.74) is 0.0897. The third kappa shape index (κ3) is 2.44. The molecule has 15 heavy (non-hydrogen) atoms. The van der Waals surface area contributed by atoms with Gasteiger partial charge in [-0.15, -0.1) is 0 Å². The Morgan fingerprint density at radius 3 is 2.67 bits per heavy atom. The molecule has 1 aliphatic rings. The van der Waals surface area contributed by atoms with Crippen LogP contribution in [-0.4, -0.2) is 24.1 Å². The smallest absolute Gasteiger partial charge is 0.269 e. The molecule has 2 rings (SSSR count). The van der Waals surface area contributed by atoms with Crippen molar-refractivity contribution in [2.75, 3.05) is 13.1 Å². The van der Waals surface area contributed by atoms with Crippen molar-refractivity contribution in [1.29, 1.82) is 0 Å². The molecular weight excluding hydrogens is 196 g/mol. The Bertz CT molecular complexity index is 344. The Hall–Kier alpha value is -1.62. The second-order valence-corrected chi connectivity index (χ2v) is 3.48. The molecule has 0 amide bonds. The van der Waals surface area contributed by atoms with Gasteiger partial charge in [-0.05, 0) is 25.1 Å². The highest BCUT2D eigenvalue weighted by molar-refractivity contribution is 5.36. The van der Waals surface area contributed by atoms with Crippen LogP contribution < -0.4 is 10.1 Å². The summed E-state index contributed by atoms with van der Waals surface area (Å²) in [5, 5.41) is 13.6. The molecule has 1 aromatic rings. The van der Waals surface area contributed by atoms with Gasteiger partial charge in [-0.1, -0.05) is 0 Å². The van der Waals surface area contributed by atoms with E-state index in [1.165, 1.54) is 12.1 Å². The molecule has 0 spiro atoms. The molecule has 5 nitrogen and oxygen atoms in total. The minimum absolute atomic E-state index is 0.0897. The quantitative estimate of drug-likeness (QED) is 0.601. The van der Waals surface area contributed by atoms with Crippen LogP contribution in [0.5, 0.6) is 5.75 Å².